The molecule has 2 fully saturated rings. The van der Waals surface area contributed by atoms with Gasteiger partial charge in [0.25, 0.3) is 0 Å². The van der Waals surface area contributed by atoms with Crippen LogP contribution in [-0.2, 0) is 16.0 Å². The van der Waals surface area contributed by atoms with Gasteiger partial charge in [0.15, 0.2) is 0 Å². The number of rotatable bonds is 10. The number of benzene rings is 1. The summed E-state index contributed by atoms with van der Waals surface area (Å²) in [5.74, 6) is 0.304. The number of nitrogens with zero attached hydrogens (tertiary/aromatic N) is 1. The van der Waals surface area contributed by atoms with Gasteiger partial charge in [-0.1, -0.05) is 43.2 Å². The van der Waals surface area contributed by atoms with Crippen molar-refractivity contribution in [2.75, 3.05) is 33.2 Å². The summed E-state index contributed by atoms with van der Waals surface area (Å²) in [6, 6.07) is 10.3. The van der Waals surface area contributed by atoms with E-state index in [9.17, 15) is 9.59 Å². The van der Waals surface area contributed by atoms with Crippen molar-refractivity contribution in [1.29, 1.82) is 0 Å². The second-order valence-electron chi connectivity index (χ2n) is 8.39. The van der Waals surface area contributed by atoms with Gasteiger partial charge in [-0.25, -0.2) is 0 Å². The summed E-state index contributed by atoms with van der Waals surface area (Å²) in [4.78, 5) is 27.6. The van der Waals surface area contributed by atoms with Crippen molar-refractivity contribution in [3.8, 4) is 0 Å². The molecule has 1 aromatic carbocycles. The van der Waals surface area contributed by atoms with Crippen LogP contribution in [0.5, 0.6) is 0 Å². The fourth-order valence-electron chi connectivity index (χ4n) is 4.72. The maximum Gasteiger partial charge on any atom is 0.245 e. The van der Waals surface area contributed by atoms with E-state index in [4.69, 9.17) is 0 Å². The highest BCUT2D eigenvalue weighted by atomic mass is 16.2. The van der Waals surface area contributed by atoms with E-state index in [1.165, 1.54) is 5.56 Å². The number of likely N-dealkylation sites (tertiary alicyclic amines) is 1. The molecule has 0 radical (unpaired) electrons. The fourth-order valence-corrected chi connectivity index (χ4v) is 4.72. The topological polar surface area (TPSA) is 73.5 Å². The molecule has 1 heterocycles. The maximum absolute atomic E-state index is 13.4. The molecular formula is C23H36N4O2. The molecule has 2 amide bonds. The number of nitrogens with one attached hydrogen (secondary N) is 3. The highest BCUT2D eigenvalue weighted by Gasteiger charge is 2.38. The van der Waals surface area contributed by atoms with E-state index >= 15 is 0 Å². The molecule has 2 atom stereocenters. The predicted octanol–water partition coefficient (Wildman–Crippen LogP) is 1.70. The first-order valence-corrected chi connectivity index (χ1v) is 11.2. The van der Waals surface area contributed by atoms with Gasteiger partial charge < -0.3 is 20.9 Å². The van der Waals surface area contributed by atoms with Crippen molar-refractivity contribution in [3.63, 3.8) is 0 Å². The van der Waals surface area contributed by atoms with Crippen molar-refractivity contribution in [3.05, 3.63) is 35.9 Å². The number of likely N-dealkylation sites (N-methyl/N-ethyl adjacent to an activating group) is 1. The van der Waals surface area contributed by atoms with Gasteiger partial charge in [0.2, 0.25) is 11.8 Å². The van der Waals surface area contributed by atoms with Crippen LogP contribution in [0.1, 0.15) is 44.1 Å². The van der Waals surface area contributed by atoms with Crippen molar-refractivity contribution >= 4 is 11.8 Å². The van der Waals surface area contributed by atoms with E-state index < -0.39 is 0 Å². The van der Waals surface area contributed by atoms with Gasteiger partial charge in [-0.05, 0) is 57.2 Å². The zero-order chi connectivity index (χ0) is 20.5. The van der Waals surface area contributed by atoms with Crippen molar-refractivity contribution < 1.29 is 9.59 Å². The lowest BCUT2D eigenvalue weighted by Gasteiger charge is -2.32. The monoisotopic (exact) mass is 400 g/mol. The van der Waals surface area contributed by atoms with Crippen LogP contribution in [0.25, 0.3) is 0 Å². The molecule has 0 aromatic heterocycles. The van der Waals surface area contributed by atoms with Crippen LogP contribution in [0.3, 0.4) is 0 Å². The summed E-state index contributed by atoms with van der Waals surface area (Å²) in [7, 11) is 1.75. The zero-order valence-corrected chi connectivity index (χ0v) is 17.7. The van der Waals surface area contributed by atoms with Crippen LogP contribution in [0.2, 0.25) is 0 Å². The molecule has 6 heteroatoms. The molecular weight excluding hydrogens is 364 g/mol. The Balaban J connectivity index is 1.53. The SMILES string of the molecule is CNCC(=O)NC(C(=O)N1CCCC1CNCCc1ccccc1)C1CCCC1. The molecule has 3 rings (SSSR count). The van der Waals surface area contributed by atoms with Gasteiger partial charge in [-0.2, -0.15) is 0 Å². The minimum Gasteiger partial charge on any atom is -0.343 e. The minimum absolute atomic E-state index is 0.0884. The van der Waals surface area contributed by atoms with Gasteiger partial charge in [0.05, 0.1) is 6.54 Å². The van der Waals surface area contributed by atoms with E-state index in [0.717, 1.165) is 64.6 Å². The van der Waals surface area contributed by atoms with Gasteiger partial charge in [-0.3, -0.25) is 9.59 Å². The van der Waals surface area contributed by atoms with Gasteiger partial charge in [0, 0.05) is 19.1 Å². The van der Waals surface area contributed by atoms with Crippen LogP contribution in [0.4, 0.5) is 0 Å². The molecule has 160 valence electrons. The quantitative estimate of drug-likeness (QED) is 0.523. The second kappa shape index (κ2) is 11.3. The summed E-state index contributed by atoms with van der Waals surface area (Å²) in [5, 5.41) is 9.45. The molecule has 29 heavy (non-hydrogen) atoms. The van der Waals surface area contributed by atoms with E-state index in [2.05, 4.69) is 40.2 Å². The Bertz CT molecular complexity index is 646. The summed E-state index contributed by atoms with van der Waals surface area (Å²) < 4.78 is 0. The normalized spacial score (nSPS) is 20.7. The van der Waals surface area contributed by atoms with Crippen LogP contribution in [-0.4, -0.2) is 62.0 Å². The standard InChI is InChI=1S/C23H36N4O2/c1-24-17-21(28)26-22(19-10-5-6-11-19)23(29)27-15-7-12-20(27)16-25-14-13-18-8-3-2-4-9-18/h2-4,8-9,19-20,22,24-25H,5-7,10-17H2,1H3,(H,26,28). The van der Waals surface area contributed by atoms with Gasteiger partial charge >= 0.3 is 0 Å². The molecule has 6 nitrogen and oxygen atoms in total. The summed E-state index contributed by atoms with van der Waals surface area (Å²) >= 11 is 0. The van der Waals surface area contributed by atoms with E-state index in [-0.39, 0.29) is 36.4 Å². The first kappa shape index (κ1) is 21.8. The number of amides is 2. The molecule has 1 aliphatic carbocycles. The Morgan fingerprint density at radius 2 is 1.86 bits per heavy atom. The molecule has 0 spiro atoms. The summed E-state index contributed by atoms with van der Waals surface area (Å²) in [6.07, 6.45) is 7.44. The first-order valence-electron chi connectivity index (χ1n) is 11.2. The first-order chi connectivity index (χ1) is 14.2. The Kier molecular flexibility index (Phi) is 8.50. The lowest BCUT2D eigenvalue weighted by molar-refractivity contribution is -0.138. The Morgan fingerprint density at radius 3 is 2.59 bits per heavy atom. The molecule has 1 aromatic rings. The average molecular weight is 401 g/mol. The third-order valence-electron chi connectivity index (χ3n) is 6.26. The summed E-state index contributed by atoms with van der Waals surface area (Å²) in [5.41, 5.74) is 1.33. The fraction of sp³-hybridized carbons (Fsp3) is 0.652. The lowest BCUT2D eigenvalue weighted by atomic mass is 9.96. The van der Waals surface area contributed by atoms with Crippen molar-refractivity contribution in [2.24, 2.45) is 5.92 Å². The Hall–Kier alpha value is -1.92. The van der Waals surface area contributed by atoms with Crippen LogP contribution >= 0.6 is 0 Å². The number of carbonyl (C=O) groups excluding carboxylic acids is 2. The van der Waals surface area contributed by atoms with Gasteiger partial charge in [0.1, 0.15) is 6.04 Å². The molecule has 2 aliphatic rings. The minimum atomic E-state index is -0.372. The van der Waals surface area contributed by atoms with Crippen LogP contribution in [0.15, 0.2) is 30.3 Å². The largest absolute Gasteiger partial charge is 0.343 e. The van der Waals surface area contributed by atoms with Crippen LogP contribution < -0.4 is 16.0 Å². The third kappa shape index (κ3) is 6.28. The van der Waals surface area contributed by atoms with Crippen LogP contribution in [0, 0.1) is 5.92 Å². The van der Waals surface area contributed by atoms with E-state index in [1.807, 2.05) is 11.0 Å². The highest BCUT2D eigenvalue weighted by Crippen LogP contribution is 2.30. The van der Waals surface area contributed by atoms with Gasteiger partial charge in [-0.15, -0.1) is 0 Å². The predicted molar refractivity (Wildman–Crippen MR) is 116 cm³/mol. The molecule has 3 N–H and O–H groups in total. The van der Waals surface area contributed by atoms with E-state index in [1.54, 1.807) is 7.05 Å². The molecule has 1 aliphatic heterocycles. The van der Waals surface area contributed by atoms with Crippen molar-refractivity contribution in [2.45, 2.75) is 57.0 Å². The molecule has 2 unspecified atom stereocenters. The zero-order valence-electron chi connectivity index (χ0n) is 17.7. The Labute approximate surface area is 174 Å². The maximum atomic E-state index is 13.4. The number of hydrogen-bond acceptors (Lipinski definition) is 4. The van der Waals surface area contributed by atoms with E-state index in [0.29, 0.717) is 0 Å². The summed E-state index contributed by atoms with van der Waals surface area (Å²) in [6.45, 7) is 2.78. The smallest absolute Gasteiger partial charge is 0.245 e. The molecule has 1 saturated carbocycles. The molecule has 1 saturated heterocycles. The highest BCUT2D eigenvalue weighted by molar-refractivity contribution is 5.89. The van der Waals surface area contributed by atoms with Crippen molar-refractivity contribution in [1.82, 2.24) is 20.9 Å². The number of hydrogen-bond donors (Lipinski definition) is 3. The lowest BCUT2D eigenvalue weighted by Crippen LogP contribution is -2.55. The Morgan fingerprint density at radius 1 is 1.10 bits per heavy atom. The third-order valence-corrected chi connectivity index (χ3v) is 6.26. The average Bonchev–Trinajstić information content (AvgIpc) is 3.42. The number of carbonyl (C=O) groups is 2. The molecule has 0 bridgehead atoms. The second-order valence-corrected chi connectivity index (χ2v) is 8.39.